The summed E-state index contributed by atoms with van der Waals surface area (Å²) in [5.41, 5.74) is 6.22. The van der Waals surface area contributed by atoms with Crippen LogP contribution in [0.5, 0.6) is 0 Å². The maximum absolute atomic E-state index is 12.1. The number of rotatable bonds is 4. The Kier molecular flexibility index (Phi) is 5.28. The lowest BCUT2D eigenvalue weighted by molar-refractivity contribution is -0.00894. The monoisotopic (exact) mass is 335 g/mol. The van der Waals surface area contributed by atoms with E-state index in [0.717, 1.165) is 5.56 Å². The van der Waals surface area contributed by atoms with Crippen molar-refractivity contribution >= 4 is 11.9 Å². The number of nitrogens with two attached hydrogens (primary N) is 1. The van der Waals surface area contributed by atoms with Crippen molar-refractivity contribution < 1.29 is 14.7 Å². The topological polar surface area (TPSA) is 104 Å². The van der Waals surface area contributed by atoms with E-state index in [2.05, 4.69) is 10.1 Å². The second-order valence-corrected chi connectivity index (χ2v) is 6.91. The average Bonchev–Trinajstić information content (AvgIpc) is 2.48. The zero-order chi connectivity index (χ0) is 17.9. The van der Waals surface area contributed by atoms with Crippen LogP contribution in [0.3, 0.4) is 0 Å². The molecule has 0 radical (unpaired) electrons. The fourth-order valence-corrected chi connectivity index (χ4v) is 2.60. The Morgan fingerprint density at radius 3 is 2.54 bits per heavy atom. The lowest BCUT2D eigenvalue weighted by atomic mass is 9.98. The first-order chi connectivity index (χ1) is 11.2. The van der Waals surface area contributed by atoms with Crippen LogP contribution in [0.15, 0.2) is 29.7 Å². The number of hydrogen-bond donors (Lipinski definition) is 2. The van der Waals surface area contributed by atoms with Crippen LogP contribution in [0.1, 0.15) is 32.4 Å². The first-order valence-electron chi connectivity index (χ1n) is 7.80. The zero-order valence-electron chi connectivity index (χ0n) is 14.5. The number of hydrogen-bond acceptors (Lipinski definition) is 6. The van der Waals surface area contributed by atoms with Crippen LogP contribution < -0.4 is 5.73 Å². The minimum absolute atomic E-state index is 0.0238. The highest BCUT2D eigenvalue weighted by Crippen LogP contribution is 2.28. The van der Waals surface area contributed by atoms with Crippen LogP contribution >= 0.6 is 0 Å². The molecule has 132 valence electrons. The van der Waals surface area contributed by atoms with Crippen molar-refractivity contribution in [1.82, 2.24) is 14.8 Å². The normalized spacial score (nSPS) is 17.9. The van der Waals surface area contributed by atoms with Gasteiger partial charge in [-0.3, -0.25) is 9.88 Å². The van der Waals surface area contributed by atoms with Crippen molar-refractivity contribution in [3.63, 3.8) is 0 Å². The molecule has 0 aromatic carbocycles. The molecule has 0 aliphatic carbocycles. The highest BCUT2D eigenvalue weighted by Gasteiger charge is 2.39. The Balaban J connectivity index is 2.02. The summed E-state index contributed by atoms with van der Waals surface area (Å²) in [7, 11) is 1.72. The van der Waals surface area contributed by atoms with Gasteiger partial charge in [0.15, 0.2) is 5.84 Å². The van der Waals surface area contributed by atoms with Crippen molar-refractivity contribution in [2.24, 2.45) is 10.9 Å². The number of amidine groups is 1. The van der Waals surface area contributed by atoms with Gasteiger partial charge in [0.1, 0.15) is 5.60 Å². The van der Waals surface area contributed by atoms with E-state index in [1.807, 2.05) is 37.8 Å². The molecule has 1 fully saturated rings. The smallest absolute Gasteiger partial charge is 0.410 e. The minimum atomic E-state index is -0.525. The molecular formula is C16H25N5O3. The molecule has 1 aliphatic heterocycles. The molecule has 24 heavy (non-hydrogen) atoms. The van der Waals surface area contributed by atoms with E-state index >= 15 is 0 Å². The van der Waals surface area contributed by atoms with E-state index in [-0.39, 0.29) is 24.0 Å². The first-order valence-corrected chi connectivity index (χ1v) is 7.80. The predicted octanol–water partition coefficient (Wildman–Crippen LogP) is 1.42. The maximum Gasteiger partial charge on any atom is 0.410 e. The highest BCUT2D eigenvalue weighted by molar-refractivity contribution is 5.86. The summed E-state index contributed by atoms with van der Waals surface area (Å²) in [6, 6.07) is 3.33. The molecule has 0 unspecified atom stereocenters. The van der Waals surface area contributed by atoms with Crippen molar-refractivity contribution in [3.05, 3.63) is 30.1 Å². The molecule has 1 aliphatic rings. The van der Waals surface area contributed by atoms with E-state index < -0.39 is 5.60 Å². The molecular weight excluding hydrogens is 310 g/mol. The largest absolute Gasteiger partial charge is 0.444 e. The maximum atomic E-state index is 12.1. The van der Waals surface area contributed by atoms with Crippen LogP contribution in [-0.2, 0) is 4.74 Å². The molecule has 8 nitrogen and oxygen atoms in total. The molecule has 0 bridgehead atoms. The summed E-state index contributed by atoms with van der Waals surface area (Å²) < 4.78 is 5.38. The molecule has 1 atom stereocenters. The van der Waals surface area contributed by atoms with Crippen molar-refractivity contribution in [3.8, 4) is 0 Å². The predicted molar refractivity (Wildman–Crippen MR) is 89.7 cm³/mol. The standard InChI is InChI=1S/C16H25N5O3/c1-16(2,3)24-15(22)20(4)12-9-21(10-12)13(14(17)19-23)11-5-7-18-8-6-11/h5-8,12-13,23H,9-10H2,1-4H3,(H2,17,19)/t13-/m1/s1. The van der Waals surface area contributed by atoms with Gasteiger partial charge in [0.25, 0.3) is 0 Å². The summed E-state index contributed by atoms with van der Waals surface area (Å²) in [6.07, 6.45) is 2.98. The van der Waals surface area contributed by atoms with Gasteiger partial charge in [0, 0.05) is 32.5 Å². The van der Waals surface area contributed by atoms with Gasteiger partial charge in [-0.1, -0.05) is 5.16 Å². The number of pyridine rings is 1. The molecule has 3 N–H and O–H groups in total. The fraction of sp³-hybridized carbons (Fsp3) is 0.562. The third-order valence-corrected chi connectivity index (χ3v) is 3.90. The van der Waals surface area contributed by atoms with Gasteiger partial charge in [-0.25, -0.2) is 4.79 Å². The molecule has 1 amide bonds. The quantitative estimate of drug-likeness (QED) is 0.373. The van der Waals surface area contributed by atoms with E-state index in [1.165, 1.54) is 0 Å². The Hall–Kier alpha value is -2.35. The number of carbonyl (C=O) groups excluding carboxylic acids is 1. The zero-order valence-corrected chi connectivity index (χ0v) is 14.5. The Morgan fingerprint density at radius 2 is 2.04 bits per heavy atom. The van der Waals surface area contributed by atoms with Gasteiger partial charge in [-0.15, -0.1) is 0 Å². The molecule has 0 spiro atoms. The SMILES string of the molecule is CN(C(=O)OC(C)(C)C)C1CN([C@@H](C(N)=NO)c2ccncc2)C1. The summed E-state index contributed by atoms with van der Waals surface area (Å²) >= 11 is 0. The molecule has 2 heterocycles. The molecule has 0 saturated carbocycles. The minimum Gasteiger partial charge on any atom is -0.444 e. The molecule has 2 rings (SSSR count). The third-order valence-electron chi connectivity index (χ3n) is 3.90. The molecule has 8 heteroatoms. The van der Waals surface area contributed by atoms with Gasteiger partial charge >= 0.3 is 6.09 Å². The third kappa shape index (κ3) is 4.14. The Morgan fingerprint density at radius 1 is 1.46 bits per heavy atom. The number of carbonyl (C=O) groups is 1. The number of likely N-dealkylation sites (tertiary alicyclic amines) is 1. The lowest BCUT2D eigenvalue weighted by Crippen LogP contribution is -2.62. The Labute approximate surface area is 141 Å². The van der Waals surface area contributed by atoms with Gasteiger partial charge in [0.05, 0.1) is 12.1 Å². The number of oxime groups is 1. The van der Waals surface area contributed by atoms with Crippen LogP contribution in [0.2, 0.25) is 0 Å². The van der Waals surface area contributed by atoms with Crippen LogP contribution in [0.25, 0.3) is 0 Å². The van der Waals surface area contributed by atoms with Gasteiger partial charge in [0.2, 0.25) is 0 Å². The number of amides is 1. The van der Waals surface area contributed by atoms with E-state index in [4.69, 9.17) is 15.7 Å². The molecule has 1 saturated heterocycles. The second-order valence-electron chi connectivity index (χ2n) is 6.91. The Bertz CT molecular complexity index is 593. The van der Waals surface area contributed by atoms with Gasteiger partial charge in [-0.05, 0) is 38.5 Å². The van der Waals surface area contributed by atoms with Crippen LogP contribution in [0, 0.1) is 0 Å². The lowest BCUT2D eigenvalue weighted by Gasteiger charge is -2.47. The summed E-state index contributed by atoms with van der Waals surface area (Å²) in [4.78, 5) is 19.7. The van der Waals surface area contributed by atoms with Crippen LogP contribution in [0.4, 0.5) is 4.79 Å². The fourth-order valence-electron chi connectivity index (χ4n) is 2.60. The summed E-state index contributed by atoms with van der Waals surface area (Å²) in [6.45, 7) is 6.73. The van der Waals surface area contributed by atoms with Gasteiger partial charge < -0.3 is 20.6 Å². The van der Waals surface area contributed by atoms with E-state index in [1.54, 1.807) is 24.3 Å². The average molecular weight is 335 g/mol. The summed E-state index contributed by atoms with van der Waals surface area (Å²) in [5.74, 6) is 0.111. The van der Waals surface area contributed by atoms with E-state index in [0.29, 0.717) is 13.1 Å². The van der Waals surface area contributed by atoms with Crippen LogP contribution in [-0.4, -0.2) is 63.7 Å². The number of ether oxygens (including phenoxy) is 1. The van der Waals surface area contributed by atoms with E-state index in [9.17, 15) is 4.79 Å². The van der Waals surface area contributed by atoms with Crippen molar-refractivity contribution in [1.29, 1.82) is 0 Å². The van der Waals surface area contributed by atoms with Gasteiger partial charge in [-0.2, -0.15) is 0 Å². The summed E-state index contributed by atoms with van der Waals surface area (Å²) in [5, 5.41) is 12.2. The highest BCUT2D eigenvalue weighted by atomic mass is 16.6. The van der Waals surface area contributed by atoms with Crippen molar-refractivity contribution in [2.75, 3.05) is 20.1 Å². The van der Waals surface area contributed by atoms with Crippen molar-refractivity contribution in [2.45, 2.75) is 38.5 Å². The number of likely N-dealkylation sites (N-methyl/N-ethyl adjacent to an activating group) is 1. The second kappa shape index (κ2) is 7.04. The molecule has 1 aromatic heterocycles. The number of aromatic nitrogens is 1. The number of nitrogens with zero attached hydrogens (tertiary/aromatic N) is 4. The first kappa shape index (κ1) is 18.0. The molecule has 1 aromatic rings.